The lowest BCUT2D eigenvalue weighted by atomic mass is 10.1. The average Bonchev–Trinajstić information content (AvgIpc) is 3.04. The largest absolute Gasteiger partial charge is 0.348 e. The van der Waals surface area contributed by atoms with E-state index in [0.717, 1.165) is 11.1 Å². The number of benzene rings is 2. The predicted octanol–water partition coefficient (Wildman–Crippen LogP) is 2.87. The van der Waals surface area contributed by atoms with Crippen molar-refractivity contribution < 1.29 is 4.79 Å². The number of carbonyl (C=O) groups excluding carboxylic acids is 1. The van der Waals surface area contributed by atoms with E-state index in [-0.39, 0.29) is 18.5 Å². The number of rotatable bonds is 5. The fourth-order valence-corrected chi connectivity index (χ4v) is 2.63. The molecule has 0 aliphatic heterocycles. The number of amides is 1. The number of hydrogen-bond acceptors (Lipinski definition) is 4. The zero-order valence-corrected chi connectivity index (χ0v) is 13.8. The first-order chi connectivity index (χ1) is 11.6. The summed E-state index contributed by atoms with van der Waals surface area (Å²) in [7, 11) is 0. The molecule has 1 atom stereocenters. The maximum absolute atomic E-state index is 12.2. The highest BCUT2D eigenvalue weighted by molar-refractivity contribution is 6.31. The maximum atomic E-state index is 12.2. The van der Waals surface area contributed by atoms with Gasteiger partial charge < -0.3 is 5.32 Å². The van der Waals surface area contributed by atoms with Crippen molar-refractivity contribution in [1.82, 2.24) is 25.5 Å². The number of hydrogen-bond donors (Lipinski definition) is 1. The van der Waals surface area contributed by atoms with Crippen LogP contribution in [0.4, 0.5) is 0 Å². The Balaban J connectivity index is 1.63. The van der Waals surface area contributed by atoms with E-state index in [0.29, 0.717) is 10.8 Å². The molecule has 0 spiro atoms. The Morgan fingerprint density at radius 3 is 2.62 bits per heavy atom. The SMILES string of the molecule is C[C@H](NC(=O)Cn1nnc(-c2ccccc2)n1)c1ccccc1Cl. The first-order valence-electron chi connectivity index (χ1n) is 7.50. The smallest absolute Gasteiger partial charge is 0.244 e. The monoisotopic (exact) mass is 341 g/mol. The van der Waals surface area contributed by atoms with Gasteiger partial charge in [0.15, 0.2) is 0 Å². The predicted molar refractivity (Wildman–Crippen MR) is 91.3 cm³/mol. The van der Waals surface area contributed by atoms with Gasteiger partial charge in [0.1, 0.15) is 6.54 Å². The lowest BCUT2D eigenvalue weighted by molar-refractivity contribution is -0.122. The number of carbonyl (C=O) groups is 1. The van der Waals surface area contributed by atoms with E-state index in [1.807, 2.05) is 55.5 Å². The Morgan fingerprint density at radius 1 is 1.17 bits per heavy atom. The van der Waals surface area contributed by atoms with Crippen LogP contribution >= 0.6 is 11.6 Å². The summed E-state index contributed by atoms with van der Waals surface area (Å²) in [6.45, 7) is 1.87. The molecule has 0 bridgehead atoms. The van der Waals surface area contributed by atoms with E-state index in [2.05, 4.69) is 20.7 Å². The minimum Gasteiger partial charge on any atom is -0.348 e. The van der Waals surface area contributed by atoms with Gasteiger partial charge in [-0.25, -0.2) is 0 Å². The highest BCUT2D eigenvalue weighted by Gasteiger charge is 2.14. The standard InChI is InChI=1S/C17H16ClN5O/c1-12(14-9-5-6-10-15(14)18)19-16(24)11-23-21-17(20-22-23)13-7-3-2-4-8-13/h2-10,12H,11H2,1H3,(H,19,24)/t12-/m0/s1. The van der Waals surface area contributed by atoms with Crippen molar-refractivity contribution in [3.05, 3.63) is 65.2 Å². The number of halogens is 1. The average molecular weight is 342 g/mol. The summed E-state index contributed by atoms with van der Waals surface area (Å²) in [5, 5.41) is 15.6. The van der Waals surface area contributed by atoms with Crippen molar-refractivity contribution in [2.24, 2.45) is 0 Å². The zero-order chi connectivity index (χ0) is 16.9. The third-order valence-electron chi connectivity index (χ3n) is 3.52. The van der Waals surface area contributed by atoms with Gasteiger partial charge in [0.05, 0.1) is 6.04 Å². The fraction of sp³-hybridized carbons (Fsp3) is 0.176. The molecule has 24 heavy (non-hydrogen) atoms. The second-order valence-electron chi connectivity index (χ2n) is 5.32. The van der Waals surface area contributed by atoms with Crippen LogP contribution in [0.5, 0.6) is 0 Å². The van der Waals surface area contributed by atoms with Crippen LogP contribution < -0.4 is 5.32 Å². The van der Waals surface area contributed by atoms with Crippen molar-refractivity contribution in [3.63, 3.8) is 0 Å². The molecule has 7 heteroatoms. The third kappa shape index (κ3) is 3.78. The van der Waals surface area contributed by atoms with Crippen molar-refractivity contribution in [1.29, 1.82) is 0 Å². The molecule has 0 unspecified atom stereocenters. The highest BCUT2D eigenvalue weighted by Crippen LogP contribution is 2.22. The molecule has 0 saturated heterocycles. The first kappa shape index (κ1) is 16.1. The molecule has 3 rings (SSSR count). The van der Waals surface area contributed by atoms with Gasteiger partial charge in [-0.1, -0.05) is 60.1 Å². The van der Waals surface area contributed by atoms with Crippen LogP contribution in [0.15, 0.2) is 54.6 Å². The van der Waals surface area contributed by atoms with E-state index in [4.69, 9.17) is 11.6 Å². The van der Waals surface area contributed by atoms with Crippen LogP contribution in [0.3, 0.4) is 0 Å². The molecule has 0 aliphatic carbocycles. The van der Waals surface area contributed by atoms with Crippen molar-refractivity contribution in [3.8, 4) is 11.4 Å². The van der Waals surface area contributed by atoms with Gasteiger partial charge in [-0.05, 0) is 23.8 Å². The molecule has 1 N–H and O–H groups in total. The molecule has 1 aromatic heterocycles. The second kappa shape index (κ2) is 7.23. The quantitative estimate of drug-likeness (QED) is 0.774. The molecule has 0 saturated carbocycles. The summed E-state index contributed by atoms with van der Waals surface area (Å²) >= 11 is 6.14. The van der Waals surface area contributed by atoms with Crippen molar-refractivity contribution >= 4 is 17.5 Å². The fourth-order valence-electron chi connectivity index (χ4n) is 2.33. The Morgan fingerprint density at radius 2 is 1.88 bits per heavy atom. The summed E-state index contributed by atoms with van der Waals surface area (Å²) in [6.07, 6.45) is 0. The summed E-state index contributed by atoms with van der Waals surface area (Å²) in [5.74, 6) is 0.280. The molecular formula is C17H16ClN5O. The number of aromatic nitrogens is 4. The number of nitrogens with zero attached hydrogens (tertiary/aromatic N) is 4. The lowest BCUT2D eigenvalue weighted by Crippen LogP contribution is -2.31. The summed E-state index contributed by atoms with van der Waals surface area (Å²) in [4.78, 5) is 13.4. The topological polar surface area (TPSA) is 72.7 Å². The van der Waals surface area contributed by atoms with Crippen molar-refractivity contribution in [2.45, 2.75) is 19.5 Å². The van der Waals surface area contributed by atoms with Crippen LogP contribution in [0.1, 0.15) is 18.5 Å². The van der Waals surface area contributed by atoms with Gasteiger partial charge in [-0.2, -0.15) is 4.80 Å². The molecule has 122 valence electrons. The Bertz CT molecular complexity index is 834. The Hall–Kier alpha value is -2.73. The third-order valence-corrected chi connectivity index (χ3v) is 3.86. The molecule has 0 aliphatic rings. The summed E-state index contributed by atoms with van der Waals surface area (Å²) < 4.78 is 0. The van der Waals surface area contributed by atoms with Crippen LogP contribution in [0, 0.1) is 0 Å². The van der Waals surface area contributed by atoms with Gasteiger partial charge in [-0.15, -0.1) is 10.2 Å². The lowest BCUT2D eigenvalue weighted by Gasteiger charge is -2.15. The van der Waals surface area contributed by atoms with Crippen LogP contribution in [-0.4, -0.2) is 26.1 Å². The molecule has 1 amide bonds. The molecule has 2 aromatic carbocycles. The molecule has 6 nitrogen and oxygen atoms in total. The number of nitrogens with one attached hydrogen (secondary N) is 1. The summed E-state index contributed by atoms with van der Waals surface area (Å²) in [6, 6.07) is 16.7. The maximum Gasteiger partial charge on any atom is 0.244 e. The van der Waals surface area contributed by atoms with Crippen LogP contribution in [0.2, 0.25) is 5.02 Å². The highest BCUT2D eigenvalue weighted by atomic mass is 35.5. The van der Waals surface area contributed by atoms with E-state index < -0.39 is 0 Å². The molecular weight excluding hydrogens is 326 g/mol. The minimum absolute atomic E-state index is 0.00533. The van der Waals surface area contributed by atoms with Crippen LogP contribution in [0.25, 0.3) is 11.4 Å². The first-order valence-corrected chi connectivity index (χ1v) is 7.88. The Labute approximate surface area is 144 Å². The van der Waals surface area contributed by atoms with E-state index in [9.17, 15) is 4.79 Å². The van der Waals surface area contributed by atoms with Gasteiger partial charge in [0.25, 0.3) is 0 Å². The zero-order valence-electron chi connectivity index (χ0n) is 13.1. The normalized spacial score (nSPS) is 11.9. The molecule has 0 fully saturated rings. The minimum atomic E-state index is -0.209. The van der Waals surface area contributed by atoms with E-state index in [1.165, 1.54) is 4.80 Å². The molecule has 0 radical (unpaired) electrons. The molecule has 1 heterocycles. The van der Waals surface area contributed by atoms with E-state index in [1.54, 1.807) is 6.07 Å². The second-order valence-corrected chi connectivity index (χ2v) is 5.73. The van der Waals surface area contributed by atoms with Gasteiger partial charge in [0, 0.05) is 10.6 Å². The summed E-state index contributed by atoms with van der Waals surface area (Å²) in [5.41, 5.74) is 1.72. The molecule has 3 aromatic rings. The van der Waals surface area contributed by atoms with Gasteiger partial charge >= 0.3 is 0 Å². The number of tetrazole rings is 1. The van der Waals surface area contributed by atoms with Gasteiger partial charge in [0.2, 0.25) is 11.7 Å². The Kier molecular flexibility index (Phi) is 4.86. The van der Waals surface area contributed by atoms with Crippen molar-refractivity contribution in [2.75, 3.05) is 0 Å². The van der Waals surface area contributed by atoms with Gasteiger partial charge in [-0.3, -0.25) is 4.79 Å². The van der Waals surface area contributed by atoms with Crippen LogP contribution in [-0.2, 0) is 11.3 Å². The van der Waals surface area contributed by atoms with E-state index >= 15 is 0 Å².